The lowest BCUT2D eigenvalue weighted by atomic mass is 10.1. The SMILES string of the molecule is CN(c1ccccc1CCCl)S(C)=O. The number of rotatable bonds is 4. The van der Waals surface area contributed by atoms with Crippen LogP contribution < -0.4 is 4.31 Å². The molecule has 1 aromatic rings. The average Bonchev–Trinajstić information content (AvgIpc) is 2.18. The summed E-state index contributed by atoms with van der Waals surface area (Å²) in [5, 5.41) is 0. The molecule has 1 atom stereocenters. The van der Waals surface area contributed by atoms with Gasteiger partial charge in [0.05, 0.1) is 5.69 Å². The van der Waals surface area contributed by atoms with Gasteiger partial charge in [-0.15, -0.1) is 11.6 Å². The minimum absolute atomic E-state index is 0.585. The summed E-state index contributed by atoms with van der Waals surface area (Å²) < 4.78 is 13.1. The molecule has 0 fully saturated rings. The second-order valence-electron chi connectivity index (χ2n) is 2.99. The molecule has 4 heteroatoms. The summed E-state index contributed by atoms with van der Waals surface area (Å²) in [5.41, 5.74) is 2.13. The minimum Gasteiger partial charge on any atom is -0.295 e. The van der Waals surface area contributed by atoms with Gasteiger partial charge in [0.15, 0.2) is 0 Å². The Balaban J connectivity index is 3.00. The van der Waals surface area contributed by atoms with Crippen molar-refractivity contribution in [2.24, 2.45) is 0 Å². The monoisotopic (exact) mass is 231 g/mol. The fourth-order valence-electron chi connectivity index (χ4n) is 1.27. The molecule has 0 saturated heterocycles. The molecule has 0 heterocycles. The number of anilines is 1. The number of hydrogen-bond donors (Lipinski definition) is 0. The van der Waals surface area contributed by atoms with Crippen LogP contribution in [-0.2, 0) is 17.4 Å². The first kappa shape index (κ1) is 11.5. The van der Waals surface area contributed by atoms with Crippen molar-refractivity contribution in [2.45, 2.75) is 6.42 Å². The molecule has 0 aliphatic carbocycles. The maximum atomic E-state index is 11.3. The van der Waals surface area contributed by atoms with E-state index in [0.717, 1.165) is 17.7 Å². The van der Waals surface area contributed by atoms with Crippen molar-refractivity contribution in [3.63, 3.8) is 0 Å². The van der Waals surface area contributed by atoms with Crippen molar-refractivity contribution < 1.29 is 4.21 Å². The Morgan fingerprint density at radius 2 is 2.07 bits per heavy atom. The molecule has 1 unspecified atom stereocenters. The Morgan fingerprint density at radius 3 is 2.64 bits per heavy atom. The van der Waals surface area contributed by atoms with Crippen LogP contribution >= 0.6 is 11.6 Å². The highest BCUT2D eigenvalue weighted by Crippen LogP contribution is 2.20. The summed E-state index contributed by atoms with van der Waals surface area (Å²) >= 11 is 5.70. The summed E-state index contributed by atoms with van der Waals surface area (Å²) in [6.45, 7) is 0. The molecule has 0 aliphatic rings. The minimum atomic E-state index is -0.985. The van der Waals surface area contributed by atoms with Crippen LogP contribution in [0.15, 0.2) is 24.3 Å². The van der Waals surface area contributed by atoms with Crippen molar-refractivity contribution in [2.75, 3.05) is 23.5 Å². The largest absolute Gasteiger partial charge is 0.295 e. The van der Waals surface area contributed by atoms with Crippen molar-refractivity contribution >= 4 is 28.3 Å². The Morgan fingerprint density at radius 1 is 1.43 bits per heavy atom. The lowest BCUT2D eigenvalue weighted by Gasteiger charge is -2.18. The van der Waals surface area contributed by atoms with Crippen LogP contribution in [0.25, 0.3) is 0 Å². The first-order valence-corrected chi connectivity index (χ1v) is 6.43. The molecule has 78 valence electrons. The molecule has 1 aromatic carbocycles. The third-order valence-corrected chi connectivity index (χ3v) is 3.24. The predicted octanol–water partition coefficient (Wildman–Crippen LogP) is 2.20. The van der Waals surface area contributed by atoms with Crippen molar-refractivity contribution in [1.29, 1.82) is 0 Å². The third kappa shape index (κ3) is 2.72. The smallest absolute Gasteiger partial charge is 0.116 e. The van der Waals surface area contributed by atoms with Gasteiger partial charge >= 0.3 is 0 Å². The molecule has 0 bridgehead atoms. The van der Waals surface area contributed by atoms with Gasteiger partial charge < -0.3 is 0 Å². The van der Waals surface area contributed by atoms with Gasteiger partial charge in [-0.25, -0.2) is 4.21 Å². The van der Waals surface area contributed by atoms with Crippen LogP contribution in [0.2, 0.25) is 0 Å². The van der Waals surface area contributed by atoms with E-state index in [-0.39, 0.29) is 0 Å². The van der Waals surface area contributed by atoms with Gasteiger partial charge in [-0.1, -0.05) is 18.2 Å². The fraction of sp³-hybridized carbons (Fsp3) is 0.400. The van der Waals surface area contributed by atoms with Crippen molar-refractivity contribution in [3.8, 4) is 0 Å². The molecule has 14 heavy (non-hydrogen) atoms. The summed E-state index contributed by atoms with van der Waals surface area (Å²) in [7, 11) is 0.838. The van der Waals surface area contributed by atoms with E-state index in [0.29, 0.717) is 5.88 Å². The molecular formula is C10H14ClNOS. The third-order valence-electron chi connectivity index (χ3n) is 2.08. The van der Waals surface area contributed by atoms with Gasteiger partial charge in [0.1, 0.15) is 11.0 Å². The van der Waals surface area contributed by atoms with Crippen LogP contribution in [0.4, 0.5) is 5.69 Å². The maximum absolute atomic E-state index is 11.3. The van der Waals surface area contributed by atoms with Gasteiger partial charge in [-0.2, -0.15) is 0 Å². The van der Waals surface area contributed by atoms with Crippen molar-refractivity contribution in [1.82, 2.24) is 0 Å². The van der Waals surface area contributed by atoms with Crippen LogP contribution in [-0.4, -0.2) is 23.4 Å². The zero-order valence-corrected chi connectivity index (χ0v) is 9.94. The Hall–Kier alpha value is -0.540. The highest BCUT2D eigenvalue weighted by molar-refractivity contribution is 7.85. The Kier molecular flexibility index (Phi) is 4.42. The predicted molar refractivity (Wildman–Crippen MR) is 63.3 cm³/mol. The summed E-state index contributed by atoms with van der Waals surface area (Å²) in [4.78, 5) is 0. The zero-order valence-electron chi connectivity index (χ0n) is 8.37. The average molecular weight is 232 g/mol. The quantitative estimate of drug-likeness (QED) is 0.728. The van der Waals surface area contributed by atoms with Crippen LogP contribution in [0.1, 0.15) is 5.56 Å². The molecular weight excluding hydrogens is 218 g/mol. The topological polar surface area (TPSA) is 20.3 Å². The molecule has 0 amide bonds. The first-order valence-electron chi connectivity index (χ1n) is 4.38. The highest BCUT2D eigenvalue weighted by atomic mass is 35.5. The number of aryl methyl sites for hydroxylation is 1. The van der Waals surface area contributed by atoms with E-state index in [1.54, 1.807) is 10.6 Å². The van der Waals surface area contributed by atoms with Crippen LogP contribution in [0.3, 0.4) is 0 Å². The molecule has 0 aliphatic heterocycles. The fourth-order valence-corrected chi connectivity index (χ4v) is 1.93. The van der Waals surface area contributed by atoms with E-state index in [4.69, 9.17) is 11.6 Å². The molecule has 1 rings (SSSR count). The number of hydrogen-bond acceptors (Lipinski definition) is 1. The van der Waals surface area contributed by atoms with Crippen LogP contribution in [0, 0.1) is 0 Å². The molecule has 0 spiro atoms. The first-order chi connectivity index (χ1) is 6.66. The molecule has 2 nitrogen and oxygen atoms in total. The maximum Gasteiger partial charge on any atom is 0.116 e. The van der Waals surface area contributed by atoms with Crippen LogP contribution in [0.5, 0.6) is 0 Å². The van der Waals surface area contributed by atoms with Gasteiger partial charge in [0.2, 0.25) is 0 Å². The second kappa shape index (κ2) is 5.37. The van der Waals surface area contributed by atoms with Gasteiger partial charge in [-0.05, 0) is 18.1 Å². The standard InChI is InChI=1S/C10H14ClNOS/c1-12(14(2)13)10-6-4-3-5-9(10)7-8-11/h3-6H,7-8H2,1-2H3. The van der Waals surface area contributed by atoms with E-state index in [9.17, 15) is 4.21 Å². The second-order valence-corrected chi connectivity index (χ2v) is 4.76. The van der Waals surface area contributed by atoms with Gasteiger partial charge in [-0.3, -0.25) is 4.31 Å². The summed E-state index contributed by atoms with van der Waals surface area (Å²) in [6, 6.07) is 7.89. The number of halogens is 1. The summed E-state index contributed by atoms with van der Waals surface area (Å²) in [6.07, 6.45) is 2.47. The normalized spacial score (nSPS) is 12.5. The lowest BCUT2D eigenvalue weighted by molar-refractivity contribution is 0.685. The number of benzene rings is 1. The van der Waals surface area contributed by atoms with Crippen molar-refractivity contribution in [3.05, 3.63) is 29.8 Å². The molecule has 0 radical (unpaired) electrons. The highest BCUT2D eigenvalue weighted by Gasteiger charge is 2.08. The van der Waals surface area contributed by atoms with E-state index >= 15 is 0 Å². The molecule has 0 N–H and O–H groups in total. The van der Waals surface area contributed by atoms with E-state index in [2.05, 4.69) is 0 Å². The van der Waals surface area contributed by atoms with Gasteiger partial charge in [0, 0.05) is 19.2 Å². The van der Waals surface area contributed by atoms with E-state index in [1.807, 2.05) is 31.3 Å². The van der Waals surface area contributed by atoms with E-state index < -0.39 is 11.0 Å². The zero-order chi connectivity index (χ0) is 10.6. The van der Waals surface area contributed by atoms with Gasteiger partial charge in [0.25, 0.3) is 0 Å². The Bertz CT molecular complexity index is 330. The lowest BCUT2D eigenvalue weighted by Crippen LogP contribution is -2.20. The Labute approximate surface area is 92.5 Å². The number of para-hydroxylation sites is 1. The molecule has 0 aromatic heterocycles. The number of alkyl halides is 1. The number of nitrogens with zero attached hydrogens (tertiary/aromatic N) is 1. The molecule has 0 saturated carbocycles. The van der Waals surface area contributed by atoms with E-state index in [1.165, 1.54) is 0 Å². The summed E-state index contributed by atoms with van der Waals surface area (Å²) in [5.74, 6) is 0.585.